The highest BCUT2D eigenvalue weighted by molar-refractivity contribution is 7.46. The van der Waals surface area contributed by atoms with Crippen molar-refractivity contribution in [1.82, 2.24) is 0 Å². The average molecular weight is 773 g/mol. The van der Waals surface area contributed by atoms with Gasteiger partial charge in [0.1, 0.15) is 6.61 Å². The summed E-state index contributed by atoms with van der Waals surface area (Å²) in [4.78, 5) is 42.9. The molecule has 0 aliphatic carbocycles. The molecule has 0 rings (SSSR count). The van der Waals surface area contributed by atoms with Crippen LogP contribution in [-0.4, -0.2) is 41.0 Å². The Labute approximate surface area is 327 Å². The van der Waals surface area contributed by atoms with E-state index in [0.29, 0.717) is 6.42 Å². The molecule has 0 radical (unpaired) electrons. The van der Waals surface area contributed by atoms with Crippen LogP contribution in [0.3, 0.4) is 0 Å². The quantitative estimate of drug-likeness (QED) is 0.0272. The molecule has 0 unspecified atom stereocenters. The lowest BCUT2D eigenvalue weighted by Gasteiger charge is -2.18. The van der Waals surface area contributed by atoms with Crippen molar-refractivity contribution >= 4 is 19.8 Å². The summed E-state index contributed by atoms with van der Waals surface area (Å²) >= 11 is 0. The molecule has 0 fully saturated rings. The number of rotatable bonds is 42. The molecule has 0 aromatic rings. The molecule has 9 heteroatoms. The van der Waals surface area contributed by atoms with Crippen LogP contribution in [0.2, 0.25) is 0 Å². The van der Waals surface area contributed by atoms with Crippen molar-refractivity contribution in [3.8, 4) is 0 Å². The third kappa shape index (κ3) is 43.4. The van der Waals surface area contributed by atoms with Crippen LogP contribution in [-0.2, 0) is 28.2 Å². The molecule has 8 nitrogen and oxygen atoms in total. The van der Waals surface area contributed by atoms with Gasteiger partial charge in [-0.05, 0) is 38.5 Å². The van der Waals surface area contributed by atoms with Crippen LogP contribution in [0.5, 0.6) is 0 Å². The summed E-state index contributed by atoms with van der Waals surface area (Å²) in [5, 5.41) is 0. The SMILES string of the molecule is CCCCCCC/C=C/CCCCCCCC(=O)O[C@H](COC(=O)CCCCCCCCCCCCCCCCCCCCCCC)COP(=O)(O)O. The van der Waals surface area contributed by atoms with Gasteiger partial charge in [0, 0.05) is 12.8 Å². The number of esters is 2. The van der Waals surface area contributed by atoms with Gasteiger partial charge in [0.2, 0.25) is 0 Å². The van der Waals surface area contributed by atoms with Crippen molar-refractivity contribution in [2.75, 3.05) is 13.2 Å². The zero-order chi connectivity index (χ0) is 38.9. The highest BCUT2D eigenvalue weighted by atomic mass is 31.2. The Morgan fingerprint density at radius 2 is 0.792 bits per heavy atom. The fraction of sp³-hybridized carbons (Fsp3) is 0.909. The van der Waals surface area contributed by atoms with Crippen LogP contribution >= 0.6 is 7.82 Å². The molecule has 53 heavy (non-hydrogen) atoms. The van der Waals surface area contributed by atoms with Crippen LogP contribution in [0.4, 0.5) is 0 Å². The van der Waals surface area contributed by atoms with Crippen LogP contribution in [0.25, 0.3) is 0 Å². The fourth-order valence-electron chi connectivity index (χ4n) is 6.66. The van der Waals surface area contributed by atoms with E-state index < -0.39 is 32.5 Å². The molecule has 0 amide bonds. The molecule has 0 saturated carbocycles. The van der Waals surface area contributed by atoms with Gasteiger partial charge in [-0.15, -0.1) is 0 Å². The Balaban J connectivity index is 3.81. The molecule has 314 valence electrons. The van der Waals surface area contributed by atoms with Gasteiger partial charge in [-0.3, -0.25) is 14.1 Å². The number of phosphoric ester groups is 1. The summed E-state index contributed by atoms with van der Waals surface area (Å²) in [6, 6.07) is 0. The predicted octanol–water partition coefficient (Wildman–Crippen LogP) is 13.8. The molecule has 0 saturated heterocycles. The zero-order valence-electron chi connectivity index (χ0n) is 34.7. The average Bonchev–Trinajstić information content (AvgIpc) is 3.13. The largest absolute Gasteiger partial charge is 0.469 e. The number of allylic oxidation sites excluding steroid dienone is 2. The van der Waals surface area contributed by atoms with Gasteiger partial charge in [-0.2, -0.15) is 0 Å². The molecular formula is C44H85O8P. The van der Waals surface area contributed by atoms with E-state index in [-0.39, 0.29) is 19.4 Å². The first-order valence-electron chi connectivity index (χ1n) is 22.5. The van der Waals surface area contributed by atoms with E-state index >= 15 is 0 Å². The normalized spacial score (nSPS) is 12.5. The van der Waals surface area contributed by atoms with Crippen LogP contribution in [0.1, 0.15) is 239 Å². The first kappa shape index (κ1) is 51.8. The molecule has 0 spiro atoms. The second-order valence-electron chi connectivity index (χ2n) is 15.4. The van der Waals surface area contributed by atoms with Gasteiger partial charge in [0.15, 0.2) is 6.10 Å². The van der Waals surface area contributed by atoms with Gasteiger partial charge < -0.3 is 19.3 Å². The molecule has 0 bridgehead atoms. The predicted molar refractivity (Wildman–Crippen MR) is 221 cm³/mol. The van der Waals surface area contributed by atoms with Crippen molar-refractivity contribution in [2.45, 2.75) is 245 Å². The highest BCUT2D eigenvalue weighted by Gasteiger charge is 2.23. The maximum atomic E-state index is 12.4. The van der Waals surface area contributed by atoms with Gasteiger partial charge in [0.05, 0.1) is 6.61 Å². The van der Waals surface area contributed by atoms with E-state index in [0.717, 1.165) is 51.4 Å². The number of hydrogen-bond acceptors (Lipinski definition) is 6. The molecule has 0 aliphatic heterocycles. The summed E-state index contributed by atoms with van der Waals surface area (Å²) in [6.45, 7) is 3.70. The molecule has 2 N–H and O–H groups in total. The lowest BCUT2D eigenvalue weighted by Crippen LogP contribution is -2.29. The summed E-state index contributed by atoms with van der Waals surface area (Å²) in [6.07, 6.45) is 45.1. The minimum atomic E-state index is -4.75. The van der Waals surface area contributed by atoms with Crippen molar-refractivity contribution in [3.63, 3.8) is 0 Å². The summed E-state index contributed by atoms with van der Waals surface area (Å²) in [7, 11) is -4.75. The molecule has 0 aromatic carbocycles. The van der Waals surface area contributed by atoms with Gasteiger partial charge >= 0.3 is 19.8 Å². The van der Waals surface area contributed by atoms with Crippen molar-refractivity contribution in [1.29, 1.82) is 0 Å². The van der Waals surface area contributed by atoms with Crippen LogP contribution in [0, 0.1) is 0 Å². The van der Waals surface area contributed by atoms with E-state index in [1.54, 1.807) is 0 Å². The Hall–Kier alpha value is -1.21. The third-order valence-electron chi connectivity index (χ3n) is 10.0. The van der Waals surface area contributed by atoms with Crippen molar-refractivity contribution < 1.29 is 37.9 Å². The van der Waals surface area contributed by atoms with Crippen molar-refractivity contribution in [3.05, 3.63) is 12.2 Å². The van der Waals surface area contributed by atoms with Gasteiger partial charge in [-0.1, -0.05) is 199 Å². The summed E-state index contributed by atoms with van der Waals surface area (Å²) in [5.74, 6) is -0.881. The minimum absolute atomic E-state index is 0.206. The maximum Gasteiger partial charge on any atom is 0.469 e. The zero-order valence-corrected chi connectivity index (χ0v) is 35.6. The van der Waals surface area contributed by atoms with E-state index in [2.05, 4.69) is 30.5 Å². The first-order chi connectivity index (χ1) is 25.8. The highest BCUT2D eigenvalue weighted by Crippen LogP contribution is 2.36. The molecule has 0 aromatic heterocycles. The lowest BCUT2D eigenvalue weighted by atomic mass is 10.0. The van der Waals surface area contributed by atoms with Crippen LogP contribution in [0.15, 0.2) is 12.2 Å². The number of carbonyl (C=O) groups excluding carboxylic acids is 2. The van der Waals surface area contributed by atoms with E-state index in [1.807, 2.05) is 0 Å². The lowest BCUT2D eigenvalue weighted by molar-refractivity contribution is -0.161. The Bertz CT molecular complexity index is 873. The van der Waals surface area contributed by atoms with E-state index in [1.165, 1.54) is 154 Å². The topological polar surface area (TPSA) is 119 Å². The molecule has 1 atom stereocenters. The second kappa shape index (κ2) is 40.5. The van der Waals surface area contributed by atoms with Crippen LogP contribution < -0.4 is 0 Å². The molecular weight excluding hydrogens is 687 g/mol. The number of unbranched alkanes of at least 4 members (excludes halogenated alkanes) is 30. The van der Waals surface area contributed by atoms with E-state index in [4.69, 9.17) is 19.3 Å². The number of phosphoric acid groups is 1. The summed E-state index contributed by atoms with van der Waals surface area (Å²) < 4.78 is 26.4. The Kier molecular flexibility index (Phi) is 39.5. The minimum Gasteiger partial charge on any atom is -0.462 e. The maximum absolute atomic E-state index is 12.4. The Morgan fingerprint density at radius 3 is 1.15 bits per heavy atom. The molecule has 0 heterocycles. The Morgan fingerprint density at radius 1 is 0.472 bits per heavy atom. The number of ether oxygens (including phenoxy) is 2. The molecule has 0 aliphatic rings. The van der Waals surface area contributed by atoms with E-state index in [9.17, 15) is 14.2 Å². The monoisotopic (exact) mass is 773 g/mol. The smallest absolute Gasteiger partial charge is 0.462 e. The fourth-order valence-corrected chi connectivity index (χ4v) is 7.02. The van der Waals surface area contributed by atoms with Gasteiger partial charge in [0.25, 0.3) is 0 Å². The van der Waals surface area contributed by atoms with Crippen molar-refractivity contribution in [2.24, 2.45) is 0 Å². The number of carbonyl (C=O) groups is 2. The summed E-state index contributed by atoms with van der Waals surface area (Å²) in [5.41, 5.74) is 0. The van der Waals surface area contributed by atoms with Gasteiger partial charge in [-0.25, -0.2) is 4.57 Å². The first-order valence-corrected chi connectivity index (χ1v) is 24.0. The number of hydrogen-bond donors (Lipinski definition) is 2. The standard InChI is InChI=1S/C44H85O8P/c1-3-5-7-9-11-13-15-17-19-20-21-22-23-24-25-27-28-30-32-34-36-38-43(45)50-40-42(41-51-53(47,48)49)52-44(46)39-37-35-33-31-29-26-18-16-14-12-10-8-6-4-2/h16,18,42H,3-15,17,19-41H2,1-2H3,(H2,47,48,49)/b18-16+/t42-/m1/s1. The second-order valence-corrected chi connectivity index (χ2v) is 16.6. The third-order valence-corrected chi connectivity index (χ3v) is 10.5.